The van der Waals surface area contributed by atoms with Crippen molar-refractivity contribution in [3.8, 4) is 0 Å². The molecule has 1 heterocycles. The molecule has 5 heteroatoms. The van der Waals surface area contributed by atoms with Crippen LogP contribution in [0.25, 0.3) is 10.9 Å². The van der Waals surface area contributed by atoms with Crippen LogP contribution >= 0.6 is 11.6 Å². The lowest BCUT2D eigenvalue weighted by atomic mass is 10.0. The van der Waals surface area contributed by atoms with E-state index in [0.717, 1.165) is 43.0 Å². The Morgan fingerprint density at radius 2 is 2.15 bits per heavy atom. The second kappa shape index (κ2) is 9.03. The number of nitrogens with one attached hydrogen (secondary N) is 1. The summed E-state index contributed by atoms with van der Waals surface area (Å²) in [5.41, 5.74) is 3.54. The minimum absolute atomic E-state index is 0.234. The molecule has 2 aromatic rings. The van der Waals surface area contributed by atoms with E-state index in [-0.39, 0.29) is 6.61 Å². The van der Waals surface area contributed by atoms with E-state index >= 15 is 0 Å². The van der Waals surface area contributed by atoms with Gasteiger partial charge in [-0.3, -0.25) is 4.98 Å². The fourth-order valence-electron chi connectivity index (χ4n) is 3.56. The van der Waals surface area contributed by atoms with Crippen LogP contribution in [-0.2, 0) is 0 Å². The first-order valence-corrected chi connectivity index (χ1v) is 10.2. The summed E-state index contributed by atoms with van der Waals surface area (Å²) in [4.78, 5) is 6.93. The summed E-state index contributed by atoms with van der Waals surface area (Å²) in [5, 5.41) is 14.8. The van der Waals surface area contributed by atoms with Crippen LogP contribution in [0.3, 0.4) is 0 Å². The number of aliphatic hydroxyl groups is 1. The molecule has 26 heavy (non-hydrogen) atoms. The topological polar surface area (TPSA) is 48.4 Å². The predicted molar refractivity (Wildman–Crippen MR) is 110 cm³/mol. The zero-order valence-corrected chi connectivity index (χ0v) is 16.6. The molecule has 1 fully saturated rings. The number of pyridine rings is 1. The molecule has 0 radical (unpaired) electrons. The molecule has 1 aromatic heterocycles. The van der Waals surface area contributed by atoms with Gasteiger partial charge < -0.3 is 15.3 Å². The maximum Gasteiger partial charge on any atom is 0.0737 e. The average molecular weight is 376 g/mol. The molecular formula is C21H30ClN3O. The number of likely N-dealkylation sites (N-methyl/N-ethyl adjacent to an activating group) is 1. The lowest BCUT2D eigenvalue weighted by Crippen LogP contribution is -2.28. The minimum atomic E-state index is 0.234. The molecule has 3 rings (SSSR count). The Kier molecular flexibility index (Phi) is 6.74. The fourth-order valence-corrected chi connectivity index (χ4v) is 3.72. The second-order valence-corrected chi connectivity index (χ2v) is 7.81. The first kappa shape index (κ1) is 19.4. The molecular weight excluding hydrogens is 346 g/mol. The maximum absolute atomic E-state index is 9.11. The Morgan fingerprint density at radius 1 is 1.35 bits per heavy atom. The quantitative estimate of drug-likeness (QED) is 0.634. The molecule has 0 aliphatic heterocycles. The molecule has 1 unspecified atom stereocenters. The maximum atomic E-state index is 9.11. The highest BCUT2D eigenvalue weighted by molar-refractivity contribution is 6.31. The van der Waals surface area contributed by atoms with Gasteiger partial charge in [-0.2, -0.15) is 0 Å². The Morgan fingerprint density at radius 3 is 2.85 bits per heavy atom. The van der Waals surface area contributed by atoms with Crippen molar-refractivity contribution < 1.29 is 5.11 Å². The van der Waals surface area contributed by atoms with Crippen molar-refractivity contribution in [2.75, 3.05) is 31.6 Å². The number of nitrogens with zero attached hydrogens (tertiary/aromatic N) is 2. The Balaban J connectivity index is 1.69. The van der Waals surface area contributed by atoms with E-state index in [1.54, 1.807) is 0 Å². The van der Waals surface area contributed by atoms with Crippen molar-refractivity contribution in [1.29, 1.82) is 0 Å². The molecule has 0 saturated heterocycles. The molecule has 0 bridgehead atoms. The Hall–Kier alpha value is -1.36. The molecule has 1 atom stereocenters. The van der Waals surface area contributed by atoms with Crippen molar-refractivity contribution in [2.45, 2.75) is 51.5 Å². The zero-order chi connectivity index (χ0) is 18.5. The van der Waals surface area contributed by atoms with Crippen molar-refractivity contribution in [2.24, 2.45) is 0 Å². The van der Waals surface area contributed by atoms with Crippen LogP contribution in [-0.4, -0.2) is 47.3 Å². The summed E-state index contributed by atoms with van der Waals surface area (Å²) >= 11 is 6.15. The standard InChI is InChI=1S/C21H30ClN3O/c1-3-25(11-12-26)10-4-5-15(2)24-21-18-9-8-17(22)13-20(18)23-14-19(21)16-6-7-16/h8-9,13-16,26H,3-7,10-12H2,1-2H3,(H,23,24). The number of rotatable bonds is 10. The van der Waals surface area contributed by atoms with Gasteiger partial charge in [0.15, 0.2) is 0 Å². The van der Waals surface area contributed by atoms with Gasteiger partial charge in [0.05, 0.1) is 12.1 Å². The third-order valence-corrected chi connectivity index (χ3v) is 5.48. The van der Waals surface area contributed by atoms with Crippen LogP contribution in [0.2, 0.25) is 5.02 Å². The number of fused-ring (bicyclic) bond motifs is 1. The van der Waals surface area contributed by atoms with Crippen LogP contribution in [0.1, 0.15) is 51.0 Å². The summed E-state index contributed by atoms with van der Waals surface area (Å²) in [6, 6.07) is 6.37. The van der Waals surface area contributed by atoms with E-state index in [4.69, 9.17) is 16.7 Å². The molecule has 1 aliphatic rings. The first-order chi connectivity index (χ1) is 12.6. The van der Waals surface area contributed by atoms with Gasteiger partial charge >= 0.3 is 0 Å². The SMILES string of the molecule is CCN(CCO)CCCC(C)Nc1c(C2CC2)cnc2cc(Cl)ccc12. The van der Waals surface area contributed by atoms with Crippen molar-refractivity contribution >= 4 is 28.2 Å². The van der Waals surface area contributed by atoms with Gasteiger partial charge in [0.1, 0.15) is 0 Å². The Labute approximate surface area is 161 Å². The van der Waals surface area contributed by atoms with Crippen molar-refractivity contribution in [3.05, 3.63) is 35.0 Å². The number of anilines is 1. The highest BCUT2D eigenvalue weighted by Crippen LogP contribution is 2.45. The largest absolute Gasteiger partial charge is 0.395 e. The molecule has 0 spiro atoms. The monoisotopic (exact) mass is 375 g/mol. The van der Waals surface area contributed by atoms with E-state index in [2.05, 4.69) is 35.1 Å². The lowest BCUT2D eigenvalue weighted by molar-refractivity contribution is 0.199. The molecule has 2 N–H and O–H groups in total. The van der Waals surface area contributed by atoms with Crippen LogP contribution in [0, 0.1) is 0 Å². The normalized spacial score (nSPS) is 15.6. The lowest BCUT2D eigenvalue weighted by Gasteiger charge is -2.22. The number of hydrogen-bond donors (Lipinski definition) is 2. The first-order valence-electron chi connectivity index (χ1n) is 9.80. The van der Waals surface area contributed by atoms with Gasteiger partial charge in [-0.25, -0.2) is 0 Å². The van der Waals surface area contributed by atoms with E-state index in [9.17, 15) is 0 Å². The molecule has 1 saturated carbocycles. The van der Waals surface area contributed by atoms with Crippen LogP contribution in [0.4, 0.5) is 5.69 Å². The minimum Gasteiger partial charge on any atom is -0.395 e. The highest BCUT2D eigenvalue weighted by Gasteiger charge is 2.28. The van der Waals surface area contributed by atoms with Crippen LogP contribution in [0.15, 0.2) is 24.4 Å². The number of hydrogen-bond acceptors (Lipinski definition) is 4. The average Bonchev–Trinajstić information content (AvgIpc) is 3.46. The summed E-state index contributed by atoms with van der Waals surface area (Å²) in [6.07, 6.45) is 6.78. The summed E-state index contributed by atoms with van der Waals surface area (Å²) in [7, 11) is 0. The van der Waals surface area contributed by atoms with E-state index in [0.29, 0.717) is 12.0 Å². The summed E-state index contributed by atoms with van der Waals surface area (Å²) in [5.74, 6) is 0.650. The molecule has 1 aromatic carbocycles. The highest BCUT2D eigenvalue weighted by atomic mass is 35.5. The van der Waals surface area contributed by atoms with Gasteiger partial charge in [-0.05, 0) is 75.4 Å². The van der Waals surface area contributed by atoms with E-state index in [1.807, 2.05) is 18.3 Å². The molecule has 1 aliphatic carbocycles. The van der Waals surface area contributed by atoms with Gasteiger partial charge in [-0.1, -0.05) is 18.5 Å². The fraction of sp³-hybridized carbons (Fsp3) is 0.571. The third-order valence-electron chi connectivity index (χ3n) is 5.24. The van der Waals surface area contributed by atoms with Crippen LogP contribution in [0.5, 0.6) is 0 Å². The number of aromatic nitrogens is 1. The van der Waals surface area contributed by atoms with E-state index < -0.39 is 0 Å². The second-order valence-electron chi connectivity index (χ2n) is 7.37. The molecule has 0 amide bonds. The number of benzene rings is 1. The van der Waals surface area contributed by atoms with Gasteiger partial charge in [0, 0.05) is 34.9 Å². The van der Waals surface area contributed by atoms with Gasteiger partial charge in [-0.15, -0.1) is 0 Å². The van der Waals surface area contributed by atoms with E-state index in [1.165, 1.54) is 29.5 Å². The predicted octanol–water partition coefficient (Wildman–Crippen LogP) is 4.66. The molecule has 142 valence electrons. The smallest absolute Gasteiger partial charge is 0.0737 e. The van der Waals surface area contributed by atoms with Gasteiger partial charge in [0.25, 0.3) is 0 Å². The van der Waals surface area contributed by atoms with Crippen molar-refractivity contribution in [1.82, 2.24) is 9.88 Å². The third kappa shape index (κ3) is 4.87. The van der Waals surface area contributed by atoms with Gasteiger partial charge in [0.2, 0.25) is 0 Å². The van der Waals surface area contributed by atoms with Crippen LogP contribution < -0.4 is 5.32 Å². The number of aliphatic hydroxyl groups excluding tert-OH is 1. The number of halogens is 1. The zero-order valence-electron chi connectivity index (χ0n) is 15.8. The molecule has 4 nitrogen and oxygen atoms in total. The Bertz CT molecular complexity index is 733. The summed E-state index contributed by atoms with van der Waals surface area (Å²) in [6.45, 7) is 7.42. The summed E-state index contributed by atoms with van der Waals surface area (Å²) < 4.78 is 0. The van der Waals surface area contributed by atoms with Crippen molar-refractivity contribution in [3.63, 3.8) is 0 Å².